The van der Waals surface area contributed by atoms with E-state index in [0.717, 1.165) is 70.7 Å². The molecule has 1 saturated heterocycles. The lowest BCUT2D eigenvalue weighted by molar-refractivity contribution is -0.140. The zero-order valence-electron chi connectivity index (χ0n) is 23.8. The molecule has 4 aliphatic rings. The van der Waals surface area contributed by atoms with Gasteiger partial charge in [-0.3, -0.25) is 14.6 Å². The topological polar surface area (TPSA) is 74.3 Å². The quantitative estimate of drug-likeness (QED) is 0.319. The molecular weight excluding hydrogens is 546 g/mol. The molecule has 2 aliphatic heterocycles. The smallest absolute Gasteiger partial charge is 0.243 e. The Morgan fingerprint density at radius 1 is 0.930 bits per heavy atom. The molecule has 6 nitrogen and oxygen atoms in total. The third-order valence-electron chi connectivity index (χ3n) is 10.1. The van der Waals surface area contributed by atoms with Gasteiger partial charge in [0, 0.05) is 35.8 Å². The molecule has 43 heavy (non-hydrogen) atoms. The number of pyridine rings is 1. The van der Waals surface area contributed by atoms with E-state index in [1.807, 2.05) is 41.3 Å². The maximum atomic E-state index is 14.3. The first-order valence-corrected chi connectivity index (χ1v) is 15.2. The first-order valence-electron chi connectivity index (χ1n) is 15.2. The first-order chi connectivity index (χ1) is 20.8. The molecule has 2 fully saturated rings. The number of carbonyl (C=O) groups excluding carboxylic acids is 2. The average Bonchev–Trinajstić information content (AvgIpc) is 3.66. The van der Waals surface area contributed by atoms with Gasteiger partial charge in [0.25, 0.3) is 0 Å². The number of anilines is 1. The highest BCUT2D eigenvalue weighted by atomic mass is 19.1. The van der Waals surface area contributed by atoms with E-state index in [1.54, 1.807) is 0 Å². The van der Waals surface area contributed by atoms with E-state index in [4.69, 9.17) is 4.98 Å². The first kappa shape index (κ1) is 26.5. The number of para-hydroxylation sites is 1. The Morgan fingerprint density at radius 3 is 2.53 bits per heavy atom. The van der Waals surface area contributed by atoms with Crippen LogP contribution in [0.5, 0.6) is 0 Å². The Hall–Kier alpha value is -4.17. The van der Waals surface area contributed by atoms with Gasteiger partial charge in [-0.1, -0.05) is 37.1 Å². The van der Waals surface area contributed by atoms with Crippen molar-refractivity contribution in [1.29, 1.82) is 0 Å². The number of hydrogen-bond acceptors (Lipinski definition) is 4. The lowest BCUT2D eigenvalue weighted by Crippen LogP contribution is -2.54. The maximum absolute atomic E-state index is 14.3. The van der Waals surface area contributed by atoms with E-state index >= 15 is 0 Å². The molecule has 2 aliphatic carbocycles. The minimum atomic E-state index is -0.642. The number of benzene rings is 3. The van der Waals surface area contributed by atoms with Gasteiger partial charge in [0.05, 0.1) is 22.5 Å². The van der Waals surface area contributed by atoms with Crippen molar-refractivity contribution < 1.29 is 18.4 Å². The summed E-state index contributed by atoms with van der Waals surface area (Å²) in [5.74, 6) is -1.27. The largest absolute Gasteiger partial charge is 0.330 e. The van der Waals surface area contributed by atoms with Crippen molar-refractivity contribution in [3.05, 3.63) is 106 Å². The zero-order valence-corrected chi connectivity index (χ0v) is 23.8. The molecule has 4 aromatic rings. The van der Waals surface area contributed by atoms with E-state index in [9.17, 15) is 18.4 Å². The van der Waals surface area contributed by atoms with Crippen LogP contribution in [0.2, 0.25) is 0 Å². The standard InChI is InChI=1S/C35H32F2N4O2/c36-25-15-23(16-26(37)17-25)31-9-12-38-35(10-3-4-11-35)33(43)41(31)20-21-7-8-28-22(13-21)14-24-18-34(19-30(24)39-28)27-5-1-2-6-29(27)40-32(34)42/h1-2,5-8,13-17,31,38H,3-4,9-12,18-20H2,(H,40,42)/t31-,34-/m0/s1. The Labute approximate surface area is 248 Å². The normalized spacial score (nSPS) is 24.0. The predicted molar refractivity (Wildman–Crippen MR) is 159 cm³/mol. The Balaban J connectivity index is 1.15. The van der Waals surface area contributed by atoms with Crippen molar-refractivity contribution in [2.75, 3.05) is 11.9 Å². The highest BCUT2D eigenvalue weighted by Gasteiger charge is 2.51. The van der Waals surface area contributed by atoms with Crippen LogP contribution < -0.4 is 10.6 Å². The van der Waals surface area contributed by atoms with Gasteiger partial charge in [0.1, 0.15) is 11.6 Å². The Bertz CT molecular complexity index is 1800. The molecule has 8 rings (SSSR count). The number of carbonyl (C=O) groups is 2. The van der Waals surface area contributed by atoms with Crippen LogP contribution in [0.15, 0.2) is 66.7 Å². The van der Waals surface area contributed by atoms with Gasteiger partial charge in [-0.05, 0) is 90.9 Å². The fraction of sp³-hybridized carbons (Fsp3) is 0.343. The molecule has 2 N–H and O–H groups in total. The van der Waals surface area contributed by atoms with Gasteiger partial charge in [-0.2, -0.15) is 0 Å². The second-order valence-electron chi connectivity index (χ2n) is 12.7. The zero-order chi connectivity index (χ0) is 29.3. The van der Waals surface area contributed by atoms with E-state index in [-0.39, 0.29) is 11.8 Å². The number of fused-ring (bicyclic) bond motifs is 4. The molecule has 1 saturated carbocycles. The lowest BCUT2D eigenvalue weighted by Gasteiger charge is -2.36. The van der Waals surface area contributed by atoms with Crippen LogP contribution in [0.4, 0.5) is 14.5 Å². The number of halogens is 2. The molecule has 3 heterocycles. The summed E-state index contributed by atoms with van der Waals surface area (Å²) in [6.07, 6.45) is 5.18. The van der Waals surface area contributed by atoms with E-state index in [1.165, 1.54) is 12.1 Å². The summed E-state index contributed by atoms with van der Waals surface area (Å²) in [5, 5.41) is 7.53. The van der Waals surface area contributed by atoms with Crippen molar-refractivity contribution >= 4 is 28.4 Å². The molecule has 2 spiro atoms. The third kappa shape index (κ3) is 4.18. The predicted octanol–water partition coefficient (Wildman–Crippen LogP) is 5.88. The maximum Gasteiger partial charge on any atom is 0.243 e. The fourth-order valence-corrected chi connectivity index (χ4v) is 8.07. The molecule has 2 amide bonds. The SMILES string of the molecule is O=C1N(Cc2ccc3nc4c(cc3c2)C[C@@]2(C4)C(=O)Nc3ccccc32)[C@H](c2cc(F)cc(F)c2)CCNC12CCCC2. The number of amides is 2. The molecule has 0 radical (unpaired) electrons. The lowest BCUT2D eigenvalue weighted by atomic mass is 9.79. The van der Waals surface area contributed by atoms with Gasteiger partial charge in [-0.15, -0.1) is 0 Å². The van der Waals surface area contributed by atoms with Gasteiger partial charge < -0.3 is 15.5 Å². The molecule has 3 aromatic carbocycles. The van der Waals surface area contributed by atoms with Crippen LogP contribution in [0.25, 0.3) is 10.9 Å². The highest BCUT2D eigenvalue weighted by Crippen LogP contribution is 2.47. The summed E-state index contributed by atoms with van der Waals surface area (Å²) in [7, 11) is 0. The van der Waals surface area contributed by atoms with Crippen LogP contribution in [-0.2, 0) is 34.4 Å². The van der Waals surface area contributed by atoms with E-state index < -0.39 is 28.6 Å². The second-order valence-corrected chi connectivity index (χ2v) is 12.7. The Morgan fingerprint density at radius 2 is 1.72 bits per heavy atom. The van der Waals surface area contributed by atoms with Crippen molar-refractivity contribution in [1.82, 2.24) is 15.2 Å². The third-order valence-corrected chi connectivity index (χ3v) is 10.1. The van der Waals surface area contributed by atoms with Crippen LogP contribution >= 0.6 is 0 Å². The molecule has 8 heteroatoms. The fourth-order valence-electron chi connectivity index (χ4n) is 8.07. The summed E-state index contributed by atoms with van der Waals surface area (Å²) in [5.41, 5.74) is 4.87. The van der Waals surface area contributed by atoms with Gasteiger partial charge in [0.2, 0.25) is 11.8 Å². The number of nitrogens with zero attached hydrogens (tertiary/aromatic N) is 2. The minimum Gasteiger partial charge on any atom is -0.330 e. The molecule has 0 unspecified atom stereocenters. The highest BCUT2D eigenvalue weighted by molar-refractivity contribution is 6.07. The average molecular weight is 579 g/mol. The van der Waals surface area contributed by atoms with Gasteiger partial charge in [0.15, 0.2) is 0 Å². The Kier molecular flexibility index (Phi) is 5.95. The monoisotopic (exact) mass is 578 g/mol. The van der Waals surface area contributed by atoms with E-state index in [0.29, 0.717) is 37.9 Å². The summed E-state index contributed by atoms with van der Waals surface area (Å²) in [6, 6.07) is 19.1. The van der Waals surface area contributed by atoms with Crippen molar-refractivity contribution in [3.8, 4) is 0 Å². The minimum absolute atomic E-state index is 0.00259. The summed E-state index contributed by atoms with van der Waals surface area (Å²) >= 11 is 0. The van der Waals surface area contributed by atoms with Crippen LogP contribution in [-0.4, -0.2) is 33.8 Å². The number of rotatable bonds is 3. The molecule has 0 bridgehead atoms. The summed E-state index contributed by atoms with van der Waals surface area (Å²) < 4.78 is 28.7. The van der Waals surface area contributed by atoms with Crippen LogP contribution in [0, 0.1) is 11.6 Å². The summed E-state index contributed by atoms with van der Waals surface area (Å²) in [4.78, 5) is 34.3. The molecule has 2 atom stereocenters. The molecular formula is C35H32F2N4O2. The van der Waals surface area contributed by atoms with Crippen molar-refractivity contribution in [3.63, 3.8) is 0 Å². The molecule has 1 aromatic heterocycles. The van der Waals surface area contributed by atoms with Crippen molar-refractivity contribution in [2.45, 2.75) is 68.5 Å². The van der Waals surface area contributed by atoms with Crippen LogP contribution in [0.1, 0.15) is 66.1 Å². The van der Waals surface area contributed by atoms with E-state index in [2.05, 4.69) is 22.8 Å². The number of hydrogen-bond donors (Lipinski definition) is 2. The molecule has 218 valence electrons. The van der Waals surface area contributed by atoms with Gasteiger partial charge in [-0.25, -0.2) is 8.78 Å². The van der Waals surface area contributed by atoms with Crippen molar-refractivity contribution in [2.24, 2.45) is 0 Å². The van der Waals surface area contributed by atoms with Gasteiger partial charge >= 0.3 is 0 Å². The summed E-state index contributed by atoms with van der Waals surface area (Å²) in [6.45, 7) is 0.912. The number of nitrogens with one attached hydrogen (secondary N) is 2. The number of aromatic nitrogens is 1. The second kappa shape index (κ2) is 9.67. The van der Waals surface area contributed by atoms with Crippen LogP contribution in [0.3, 0.4) is 0 Å².